The standard InChI is InChI=1S/C11H17NO3S/c1-3-16(13,14)12-10(2)9-15-11-7-5-4-6-8-11/h4-8,10,12H,3,9H2,1-2H3. The summed E-state index contributed by atoms with van der Waals surface area (Å²) in [6.45, 7) is 3.70. The molecule has 0 fully saturated rings. The molecule has 0 amide bonds. The number of ether oxygens (including phenoxy) is 1. The van der Waals surface area contributed by atoms with Crippen molar-refractivity contribution in [2.75, 3.05) is 12.4 Å². The van der Waals surface area contributed by atoms with Crippen LogP contribution in [0.4, 0.5) is 0 Å². The van der Waals surface area contributed by atoms with Gasteiger partial charge in [-0.25, -0.2) is 13.1 Å². The molecular weight excluding hydrogens is 226 g/mol. The third kappa shape index (κ3) is 4.63. The zero-order chi connectivity index (χ0) is 12.0. The Labute approximate surface area is 96.7 Å². The molecule has 16 heavy (non-hydrogen) atoms. The zero-order valence-electron chi connectivity index (χ0n) is 9.51. The molecule has 0 spiro atoms. The van der Waals surface area contributed by atoms with E-state index in [0.717, 1.165) is 5.75 Å². The maximum absolute atomic E-state index is 11.3. The molecule has 0 saturated carbocycles. The van der Waals surface area contributed by atoms with Crippen LogP contribution in [-0.4, -0.2) is 26.8 Å². The SMILES string of the molecule is CCS(=O)(=O)NC(C)COc1ccccc1. The fourth-order valence-corrected chi connectivity index (χ4v) is 2.01. The van der Waals surface area contributed by atoms with Crippen LogP contribution in [0.5, 0.6) is 5.75 Å². The normalized spacial score (nSPS) is 13.4. The highest BCUT2D eigenvalue weighted by atomic mass is 32.2. The highest BCUT2D eigenvalue weighted by Gasteiger charge is 2.12. The van der Waals surface area contributed by atoms with Crippen LogP contribution in [0, 0.1) is 0 Å². The van der Waals surface area contributed by atoms with Crippen LogP contribution in [0.3, 0.4) is 0 Å². The molecule has 0 aliphatic carbocycles. The Balaban J connectivity index is 2.39. The van der Waals surface area contributed by atoms with Gasteiger partial charge in [-0.15, -0.1) is 0 Å². The van der Waals surface area contributed by atoms with Gasteiger partial charge in [0.25, 0.3) is 0 Å². The second-order valence-electron chi connectivity index (χ2n) is 3.55. The summed E-state index contributed by atoms with van der Waals surface area (Å²) < 4.78 is 30.5. The predicted molar refractivity (Wildman–Crippen MR) is 64.0 cm³/mol. The maximum atomic E-state index is 11.3. The fourth-order valence-electron chi connectivity index (χ4n) is 1.16. The van der Waals surface area contributed by atoms with E-state index in [0.29, 0.717) is 6.61 Å². The molecule has 0 aliphatic heterocycles. The molecule has 1 unspecified atom stereocenters. The molecule has 1 N–H and O–H groups in total. The number of hydrogen-bond donors (Lipinski definition) is 1. The first-order valence-corrected chi connectivity index (χ1v) is 6.86. The van der Waals surface area contributed by atoms with Gasteiger partial charge in [0.15, 0.2) is 0 Å². The van der Waals surface area contributed by atoms with Gasteiger partial charge in [0.05, 0.1) is 11.8 Å². The summed E-state index contributed by atoms with van der Waals surface area (Å²) in [5, 5.41) is 0. The highest BCUT2D eigenvalue weighted by Crippen LogP contribution is 2.08. The van der Waals surface area contributed by atoms with Crippen molar-refractivity contribution in [1.29, 1.82) is 0 Å². The number of sulfonamides is 1. The van der Waals surface area contributed by atoms with Crippen LogP contribution in [0.2, 0.25) is 0 Å². The van der Waals surface area contributed by atoms with Crippen molar-refractivity contribution in [3.05, 3.63) is 30.3 Å². The summed E-state index contributed by atoms with van der Waals surface area (Å²) >= 11 is 0. The monoisotopic (exact) mass is 243 g/mol. The van der Waals surface area contributed by atoms with Gasteiger partial charge in [-0.3, -0.25) is 0 Å². The van der Waals surface area contributed by atoms with Gasteiger partial charge in [-0.1, -0.05) is 18.2 Å². The number of para-hydroxylation sites is 1. The number of benzene rings is 1. The van der Waals surface area contributed by atoms with Crippen molar-refractivity contribution in [3.63, 3.8) is 0 Å². The van der Waals surface area contributed by atoms with Gasteiger partial charge in [-0.05, 0) is 26.0 Å². The Morgan fingerprint density at radius 1 is 1.31 bits per heavy atom. The lowest BCUT2D eigenvalue weighted by atomic mass is 10.3. The number of rotatable bonds is 6. The lowest BCUT2D eigenvalue weighted by Gasteiger charge is -2.14. The largest absolute Gasteiger partial charge is 0.492 e. The lowest BCUT2D eigenvalue weighted by molar-refractivity contribution is 0.287. The summed E-state index contributed by atoms with van der Waals surface area (Å²) in [6.07, 6.45) is 0. The van der Waals surface area contributed by atoms with Crippen molar-refractivity contribution >= 4 is 10.0 Å². The third-order valence-corrected chi connectivity index (χ3v) is 3.53. The zero-order valence-corrected chi connectivity index (χ0v) is 10.3. The lowest BCUT2D eigenvalue weighted by Crippen LogP contribution is -2.37. The van der Waals surface area contributed by atoms with Crippen molar-refractivity contribution in [2.24, 2.45) is 0 Å². The molecule has 5 heteroatoms. The minimum absolute atomic E-state index is 0.0860. The minimum Gasteiger partial charge on any atom is -0.492 e. The van der Waals surface area contributed by atoms with Gasteiger partial charge in [-0.2, -0.15) is 0 Å². The fraction of sp³-hybridized carbons (Fsp3) is 0.455. The maximum Gasteiger partial charge on any atom is 0.211 e. The van der Waals surface area contributed by atoms with E-state index >= 15 is 0 Å². The van der Waals surface area contributed by atoms with Crippen LogP contribution in [0.25, 0.3) is 0 Å². The topological polar surface area (TPSA) is 55.4 Å². The smallest absolute Gasteiger partial charge is 0.211 e. The number of hydrogen-bond acceptors (Lipinski definition) is 3. The van der Waals surface area contributed by atoms with Gasteiger partial charge in [0, 0.05) is 0 Å². The average molecular weight is 243 g/mol. The molecule has 0 aromatic heterocycles. The molecule has 4 nitrogen and oxygen atoms in total. The van der Waals surface area contributed by atoms with Gasteiger partial charge in [0.2, 0.25) is 10.0 Å². The Hall–Kier alpha value is -1.07. The van der Waals surface area contributed by atoms with E-state index in [1.807, 2.05) is 30.3 Å². The number of nitrogens with one attached hydrogen (secondary N) is 1. The third-order valence-electron chi connectivity index (χ3n) is 2.00. The summed E-state index contributed by atoms with van der Waals surface area (Å²) in [5.41, 5.74) is 0. The van der Waals surface area contributed by atoms with E-state index in [1.165, 1.54) is 0 Å². The van der Waals surface area contributed by atoms with Crippen LogP contribution in [0.15, 0.2) is 30.3 Å². The molecule has 1 aromatic carbocycles. The summed E-state index contributed by atoms with van der Waals surface area (Å²) in [5.74, 6) is 0.827. The Morgan fingerprint density at radius 2 is 1.94 bits per heavy atom. The van der Waals surface area contributed by atoms with Crippen LogP contribution >= 0.6 is 0 Å². The van der Waals surface area contributed by atoms with E-state index in [-0.39, 0.29) is 11.8 Å². The van der Waals surface area contributed by atoms with Crippen molar-refractivity contribution in [1.82, 2.24) is 4.72 Å². The van der Waals surface area contributed by atoms with Gasteiger partial charge < -0.3 is 4.74 Å². The van der Waals surface area contributed by atoms with E-state index in [9.17, 15) is 8.42 Å². The van der Waals surface area contributed by atoms with Crippen molar-refractivity contribution in [3.8, 4) is 5.75 Å². The molecule has 1 rings (SSSR count). The molecule has 90 valence electrons. The van der Waals surface area contributed by atoms with Crippen LogP contribution in [0.1, 0.15) is 13.8 Å². The quantitative estimate of drug-likeness (QED) is 0.821. The minimum atomic E-state index is -3.15. The van der Waals surface area contributed by atoms with Crippen LogP contribution < -0.4 is 9.46 Å². The molecular formula is C11H17NO3S. The molecule has 1 aromatic rings. The molecule has 0 aliphatic rings. The summed E-state index contributed by atoms with van der Waals surface area (Å²) in [6, 6.07) is 9.08. The van der Waals surface area contributed by atoms with Crippen LogP contribution in [-0.2, 0) is 10.0 Å². The van der Waals surface area contributed by atoms with Gasteiger partial charge >= 0.3 is 0 Å². The molecule has 0 radical (unpaired) electrons. The Kier molecular flexibility index (Phi) is 4.76. The second kappa shape index (κ2) is 5.86. The van der Waals surface area contributed by atoms with E-state index < -0.39 is 10.0 Å². The van der Waals surface area contributed by atoms with E-state index in [4.69, 9.17) is 4.74 Å². The Morgan fingerprint density at radius 3 is 2.50 bits per heavy atom. The van der Waals surface area contributed by atoms with Crippen molar-refractivity contribution in [2.45, 2.75) is 19.9 Å². The predicted octanol–water partition coefficient (Wildman–Crippen LogP) is 1.39. The van der Waals surface area contributed by atoms with Crippen molar-refractivity contribution < 1.29 is 13.2 Å². The molecule has 0 saturated heterocycles. The first-order valence-electron chi connectivity index (χ1n) is 5.21. The summed E-state index contributed by atoms with van der Waals surface area (Å²) in [7, 11) is -3.15. The average Bonchev–Trinajstić information content (AvgIpc) is 2.27. The van der Waals surface area contributed by atoms with Gasteiger partial charge in [0.1, 0.15) is 12.4 Å². The first-order chi connectivity index (χ1) is 7.53. The first kappa shape index (κ1) is 13.0. The molecule has 0 heterocycles. The second-order valence-corrected chi connectivity index (χ2v) is 5.59. The van der Waals surface area contributed by atoms with E-state index in [2.05, 4.69) is 4.72 Å². The summed E-state index contributed by atoms with van der Waals surface area (Å²) in [4.78, 5) is 0. The molecule has 1 atom stereocenters. The molecule has 0 bridgehead atoms. The Bertz CT molecular complexity index is 402. The highest BCUT2D eigenvalue weighted by molar-refractivity contribution is 7.89. The van der Waals surface area contributed by atoms with E-state index in [1.54, 1.807) is 13.8 Å².